The van der Waals surface area contributed by atoms with Crippen LogP contribution in [0.1, 0.15) is 6.23 Å². The highest BCUT2D eigenvalue weighted by atomic mass is 32.2. The number of thioether (sulfide) groups is 1. The number of aliphatic hydroxyl groups is 2. The standard InChI is InChI=1S/C14H21N6O8PS/c1-30-3-6(15)14(23)28-29(24,25)26-2-7-9(21)10(22)13(27-7)20-5-19-8-11(16)17-4-18-12(8)20/h4-7,9-10,13,21-22H,2-3,15H2,1H3,(H,24,25)(H2,16,17,18)/t6-,7+,9+,10+,13+/m0/s1. The number of carbonyl (C=O) groups is 1. The van der Waals surface area contributed by atoms with Crippen LogP contribution in [0.25, 0.3) is 11.2 Å². The van der Waals surface area contributed by atoms with Gasteiger partial charge in [-0.25, -0.2) is 19.7 Å². The molecule has 3 rings (SSSR count). The Morgan fingerprint density at radius 3 is 2.90 bits per heavy atom. The largest absolute Gasteiger partial charge is 0.746 e. The van der Waals surface area contributed by atoms with Gasteiger partial charge in [0.25, 0.3) is 0 Å². The van der Waals surface area contributed by atoms with Gasteiger partial charge < -0.3 is 40.4 Å². The fourth-order valence-electron chi connectivity index (χ4n) is 2.80. The molecule has 1 saturated heterocycles. The third kappa shape index (κ3) is 4.73. The van der Waals surface area contributed by atoms with E-state index >= 15 is 0 Å². The maximum Gasteiger partial charge on any atom is 0.371 e. The SMILES string of the molecule is CSC[C@H]([NH3+])C(=O)OP(=O)([O-])OC[C@H]1O[C@@H](n2cnc3c(N)ncnc32)[C@H](O)[C@@H]1O. The van der Waals surface area contributed by atoms with Crippen LogP contribution in [0.15, 0.2) is 12.7 Å². The second-order valence-corrected chi connectivity index (χ2v) is 8.68. The average Bonchev–Trinajstić information content (AvgIpc) is 3.23. The number of imidazole rings is 1. The zero-order valence-corrected chi connectivity index (χ0v) is 17.4. The van der Waals surface area contributed by atoms with Crippen molar-refractivity contribution < 1.29 is 44.0 Å². The predicted molar refractivity (Wildman–Crippen MR) is 100 cm³/mol. The van der Waals surface area contributed by atoms with Gasteiger partial charge in [0.15, 0.2) is 23.7 Å². The molecule has 30 heavy (non-hydrogen) atoms. The van der Waals surface area contributed by atoms with Gasteiger partial charge in [0.2, 0.25) is 0 Å². The number of aromatic nitrogens is 4. The Labute approximate surface area is 174 Å². The number of fused-ring (bicyclic) bond motifs is 1. The number of anilines is 1. The first kappa shape index (κ1) is 22.8. The van der Waals surface area contributed by atoms with Crippen molar-refractivity contribution in [3.05, 3.63) is 12.7 Å². The van der Waals surface area contributed by atoms with E-state index < -0.39 is 51.0 Å². The summed E-state index contributed by atoms with van der Waals surface area (Å²) >= 11 is 1.30. The molecule has 0 radical (unpaired) electrons. The highest BCUT2D eigenvalue weighted by molar-refractivity contribution is 7.98. The molecule has 1 fully saturated rings. The van der Waals surface area contributed by atoms with Crippen LogP contribution in [0.2, 0.25) is 0 Å². The van der Waals surface area contributed by atoms with E-state index in [1.54, 1.807) is 6.26 Å². The molecule has 14 nitrogen and oxygen atoms in total. The number of phosphoric ester groups is 1. The van der Waals surface area contributed by atoms with Crippen LogP contribution in [-0.4, -0.2) is 78.7 Å². The highest BCUT2D eigenvalue weighted by Crippen LogP contribution is 2.41. The molecule has 2 aromatic heterocycles. The molecule has 7 N–H and O–H groups in total. The molecular formula is C14H21N6O8PS. The predicted octanol–water partition coefficient (Wildman–Crippen LogP) is -2.97. The first-order valence-electron chi connectivity index (χ1n) is 8.60. The molecule has 0 amide bonds. The van der Waals surface area contributed by atoms with E-state index in [1.807, 2.05) is 0 Å². The third-order valence-corrected chi connectivity index (χ3v) is 5.90. The summed E-state index contributed by atoms with van der Waals surface area (Å²) in [4.78, 5) is 35.5. The van der Waals surface area contributed by atoms with Crippen molar-refractivity contribution in [3.63, 3.8) is 0 Å². The summed E-state index contributed by atoms with van der Waals surface area (Å²) < 4.78 is 27.8. The minimum atomic E-state index is -5.03. The minimum Gasteiger partial charge on any atom is -0.746 e. The van der Waals surface area contributed by atoms with Gasteiger partial charge in [0, 0.05) is 0 Å². The molecule has 3 heterocycles. The molecule has 0 saturated carbocycles. The summed E-state index contributed by atoms with van der Waals surface area (Å²) in [6, 6.07) is -0.894. The van der Waals surface area contributed by atoms with Crippen molar-refractivity contribution in [2.24, 2.45) is 0 Å². The molecular weight excluding hydrogens is 443 g/mol. The Morgan fingerprint density at radius 1 is 1.47 bits per heavy atom. The molecule has 1 aliphatic heterocycles. The Bertz CT molecular complexity index is 962. The van der Waals surface area contributed by atoms with E-state index in [4.69, 9.17) is 10.5 Å². The smallest absolute Gasteiger partial charge is 0.371 e. The summed E-state index contributed by atoms with van der Waals surface area (Å²) in [7, 11) is -5.03. The van der Waals surface area contributed by atoms with Gasteiger partial charge >= 0.3 is 13.8 Å². The van der Waals surface area contributed by atoms with Gasteiger partial charge in [-0.2, -0.15) is 11.8 Å². The normalized spacial score (nSPS) is 27.1. The van der Waals surface area contributed by atoms with Crippen LogP contribution >= 0.6 is 19.6 Å². The number of rotatable bonds is 8. The number of nitrogens with two attached hydrogens (primary N) is 1. The fourth-order valence-corrected chi connectivity index (χ4v) is 4.09. The van der Waals surface area contributed by atoms with Crippen molar-refractivity contribution in [2.75, 3.05) is 24.3 Å². The van der Waals surface area contributed by atoms with Crippen LogP contribution in [0.4, 0.5) is 5.82 Å². The summed E-state index contributed by atoms with van der Waals surface area (Å²) in [5, 5.41) is 20.6. The van der Waals surface area contributed by atoms with Crippen molar-refractivity contribution in [1.82, 2.24) is 19.5 Å². The van der Waals surface area contributed by atoms with Crippen LogP contribution in [0.5, 0.6) is 0 Å². The number of hydrogen-bond donors (Lipinski definition) is 4. The number of aliphatic hydroxyl groups excluding tert-OH is 2. The van der Waals surface area contributed by atoms with E-state index in [0.717, 1.165) is 0 Å². The van der Waals surface area contributed by atoms with Crippen molar-refractivity contribution in [1.29, 1.82) is 0 Å². The number of quaternary nitrogens is 1. The van der Waals surface area contributed by atoms with Crippen molar-refractivity contribution >= 4 is 42.5 Å². The van der Waals surface area contributed by atoms with Crippen LogP contribution in [0, 0.1) is 0 Å². The minimum absolute atomic E-state index is 0.117. The van der Waals surface area contributed by atoms with Crippen molar-refractivity contribution in [2.45, 2.75) is 30.6 Å². The molecule has 0 spiro atoms. The Kier molecular flexibility index (Phi) is 6.94. The monoisotopic (exact) mass is 464 g/mol. The van der Waals surface area contributed by atoms with E-state index in [-0.39, 0.29) is 22.7 Å². The number of carbonyl (C=O) groups excluding carboxylic acids is 1. The Balaban J connectivity index is 1.66. The van der Waals surface area contributed by atoms with E-state index in [9.17, 15) is 24.5 Å². The highest BCUT2D eigenvalue weighted by Gasteiger charge is 2.45. The van der Waals surface area contributed by atoms with Crippen LogP contribution in [-0.2, 0) is 23.1 Å². The lowest BCUT2D eigenvalue weighted by Gasteiger charge is -2.24. The molecule has 0 aromatic carbocycles. The molecule has 1 unspecified atom stereocenters. The van der Waals surface area contributed by atoms with Gasteiger partial charge in [-0.3, -0.25) is 9.13 Å². The number of ether oxygens (including phenoxy) is 1. The first-order chi connectivity index (χ1) is 14.1. The first-order valence-corrected chi connectivity index (χ1v) is 11.5. The van der Waals surface area contributed by atoms with Gasteiger partial charge in [-0.1, -0.05) is 0 Å². The van der Waals surface area contributed by atoms with Gasteiger partial charge in [-0.15, -0.1) is 0 Å². The maximum absolute atomic E-state index is 11.9. The molecule has 16 heteroatoms. The second kappa shape index (κ2) is 9.11. The lowest BCUT2D eigenvalue weighted by molar-refractivity contribution is -0.400. The molecule has 6 atom stereocenters. The molecule has 2 aromatic rings. The Hall–Kier alpha value is -1.84. The molecule has 166 valence electrons. The summed E-state index contributed by atoms with van der Waals surface area (Å²) in [5.41, 5.74) is 9.74. The van der Waals surface area contributed by atoms with E-state index in [1.165, 1.54) is 29.0 Å². The third-order valence-electron chi connectivity index (χ3n) is 4.30. The topological polar surface area (TPSA) is 223 Å². The lowest BCUT2D eigenvalue weighted by atomic mass is 10.1. The van der Waals surface area contributed by atoms with Crippen molar-refractivity contribution in [3.8, 4) is 0 Å². The summed E-state index contributed by atoms with van der Waals surface area (Å²) in [6.07, 6.45) is -1.13. The average molecular weight is 464 g/mol. The molecule has 1 aliphatic rings. The number of nitrogen functional groups attached to an aromatic ring is 1. The number of hydrogen-bond acceptors (Lipinski definition) is 13. The zero-order valence-electron chi connectivity index (χ0n) is 15.7. The summed E-state index contributed by atoms with van der Waals surface area (Å²) in [5.74, 6) is -0.675. The quantitative estimate of drug-likeness (QED) is 0.287. The summed E-state index contributed by atoms with van der Waals surface area (Å²) in [6.45, 7) is -0.698. The zero-order chi connectivity index (χ0) is 22.1. The van der Waals surface area contributed by atoms with Crippen LogP contribution in [0.3, 0.4) is 0 Å². The second-order valence-electron chi connectivity index (χ2n) is 6.43. The van der Waals surface area contributed by atoms with E-state index in [2.05, 4.69) is 29.7 Å². The Morgan fingerprint density at radius 2 is 2.20 bits per heavy atom. The fraction of sp³-hybridized carbons (Fsp3) is 0.571. The number of nitrogens with zero attached hydrogens (tertiary/aromatic N) is 4. The molecule has 0 bridgehead atoms. The maximum atomic E-state index is 11.9. The molecule has 0 aliphatic carbocycles. The van der Waals surface area contributed by atoms with Gasteiger partial charge in [-0.05, 0) is 6.26 Å². The number of phosphoric acid groups is 1. The van der Waals surface area contributed by atoms with E-state index in [0.29, 0.717) is 0 Å². The van der Waals surface area contributed by atoms with Gasteiger partial charge in [0.1, 0.15) is 30.2 Å². The lowest BCUT2D eigenvalue weighted by Crippen LogP contribution is -2.66. The van der Waals surface area contributed by atoms with Crippen LogP contribution < -0.4 is 16.4 Å². The van der Waals surface area contributed by atoms with Gasteiger partial charge in [0.05, 0.1) is 18.7 Å².